The van der Waals surface area contributed by atoms with Crippen LogP contribution in [0.1, 0.15) is 58.3 Å². The van der Waals surface area contributed by atoms with Crippen LogP contribution in [-0.2, 0) is 4.74 Å². The fourth-order valence-electron chi connectivity index (χ4n) is 5.25. The Morgan fingerprint density at radius 2 is 2.00 bits per heavy atom. The molecule has 2 heterocycles. The Morgan fingerprint density at radius 1 is 1.20 bits per heavy atom. The summed E-state index contributed by atoms with van der Waals surface area (Å²) in [5, 5.41) is 0.652. The number of hydrogen-bond donors (Lipinski definition) is 0. The number of hydrogen-bond acceptors (Lipinski definition) is 2. The van der Waals surface area contributed by atoms with Crippen molar-refractivity contribution in [2.45, 2.75) is 82.0 Å². The Kier molecular flexibility index (Phi) is 4.21. The van der Waals surface area contributed by atoms with Crippen LogP contribution in [0.5, 0.6) is 0 Å². The average Bonchev–Trinajstić information content (AvgIpc) is 2.75. The van der Waals surface area contributed by atoms with E-state index >= 15 is 0 Å². The van der Waals surface area contributed by atoms with Crippen molar-refractivity contribution in [1.82, 2.24) is 4.90 Å². The summed E-state index contributed by atoms with van der Waals surface area (Å²) in [5.74, 6) is 0.930. The summed E-state index contributed by atoms with van der Waals surface area (Å²) in [6.45, 7) is 6.81. The number of rotatable bonds is 2. The molecule has 0 bridgehead atoms. The van der Waals surface area contributed by atoms with Gasteiger partial charge in [-0.2, -0.15) is 0 Å². The van der Waals surface area contributed by atoms with Crippen LogP contribution in [-0.4, -0.2) is 44.0 Å². The molecule has 2 nitrogen and oxygen atoms in total. The van der Waals surface area contributed by atoms with Gasteiger partial charge in [-0.1, -0.05) is 51.2 Å². The number of nitrogens with zero attached hydrogens (tertiary/aromatic N) is 1. The number of fused-ring (bicyclic) bond motifs is 1. The van der Waals surface area contributed by atoms with E-state index in [-0.39, 0.29) is 0 Å². The summed E-state index contributed by atoms with van der Waals surface area (Å²) in [6, 6.07) is 0.836. The fourth-order valence-corrected chi connectivity index (χ4v) is 5.25. The predicted octanol–water partition coefficient (Wildman–Crippen LogP) is 3.48. The van der Waals surface area contributed by atoms with Gasteiger partial charge in [-0.15, -0.1) is 0 Å². The Morgan fingerprint density at radius 3 is 2.60 bits per heavy atom. The van der Waals surface area contributed by atoms with Crippen LogP contribution in [0.2, 0.25) is 12.1 Å². The molecular formula is C17H32BNO. The third kappa shape index (κ3) is 2.35. The van der Waals surface area contributed by atoms with E-state index in [4.69, 9.17) is 4.74 Å². The zero-order valence-electron chi connectivity index (χ0n) is 13.8. The van der Waals surface area contributed by atoms with Crippen molar-refractivity contribution in [3.05, 3.63) is 0 Å². The molecule has 0 radical (unpaired) electrons. The van der Waals surface area contributed by atoms with Crippen molar-refractivity contribution in [3.8, 4) is 0 Å². The van der Waals surface area contributed by atoms with Gasteiger partial charge in [0, 0.05) is 6.04 Å². The van der Waals surface area contributed by atoms with Crippen molar-refractivity contribution in [1.29, 1.82) is 0 Å². The zero-order valence-corrected chi connectivity index (χ0v) is 13.8. The minimum Gasteiger partial charge on any atom is -0.377 e. The highest BCUT2D eigenvalue weighted by Gasteiger charge is 2.53. The van der Waals surface area contributed by atoms with E-state index in [1.54, 1.807) is 0 Å². The van der Waals surface area contributed by atoms with Gasteiger partial charge < -0.3 is 4.74 Å². The van der Waals surface area contributed by atoms with Gasteiger partial charge in [0.2, 0.25) is 0 Å². The van der Waals surface area contributed by atoms with Gasteiger partial charge in [0.15, 0.2) is 0 Å². The Bertz CT molecular complexity index is 338. The third-order valence-electron chi connectivity index (χ3n) is 7.18. The molecule has 3 heteroatoms. The second-order valence-corrected chi connectivity index (χ2v) is 7.85. The summed E-state index contributed by atoms with van der Waals surface area (Å²) in [6.07, 6.45) is 11.5. The average molecular weight is 277 g/mol. The molecule has 20 heavy (non-hydrogen) atoms. The lowest BCUT2D eigenvalue weighted by molar-refractivity contribution is -0.122. The molecule has 3 aliphatic rings. The molecule has 0 amide bonds. The molecule has 0 aromatic rings. The van der Waals surface area contributed by atoms with Crippen LogP contribution in [0.4, 0.5) is 0 Å². The highest BCUT2D eigenvalue weighted by atomic mass is 16.5. The summed E-state index contributed by atoms with van der Waals surface area (Å²) in [4.78, 5) is 2.71. The molecule has 2 aliphatic heterocycles. The zero-order chi connectivity index (χ0) is 14.2. The SMILES string of the molecule is CBC1(CC)CCCCC2[C@H](CC1)CC1(COC1)N2C. The molecule has 1 saturated carbocycles. The van der Waals surface area contributed by atoms with E-state index in [0.717, 1.165) is 25.2 Å². The minimum absolute atomic E-state index is 0.426. The van der Waals surface area contributed by atoms with Crippen molar-refractivity contribution >= 4 is 7.28 Å². The molecule has 0 aromatic carbocycles. The van der Waals surface area contributed by atoms with Crippen molar-refractivity contribution in [3.63, 3.8) is 0 Å². The maximum absolute atomic E-state index is 5.57. The second kappa shape index (κ2) is 5.64. The Hall–Kier alpha value is -0.0151. The van der Waals surface area contributed by atoms with Crippen molar-refractivity contribution in [2.75, 3.05) is 20.3 Å². The number of ether oxygens (including phenoxy) is 1. The molecule has 3 atom stereocenters. The van der Waals surface area contributed by atoms with Gasteiger partial charge in [0.1, 0.15) is 7.28 Å². The standard InChI is InChI=1S/C17H32BNO/c1-4-16(18-2)9-6-5-7-15-14(8-10-16)11-17(19(15)3)12-20-13-17/h14-15,18H,4-13H2,1-3H3/t14-,15?,16?/m1/s1. The van der Waals surface area contributed by atoms with Gasteiger partial charge in [-0.25, -0.2) is 0 Å². The van der Waals surface area contributed by atoms with E-state index in [9.17, 15) is 0 Å². The summed E-state index contributed by atoms with van der Waals surface area (Å²) >= 11 is 0. The summed E-state index contributed by atoms with van der Waals surface area (Å²) in [5.41, 5.74) is 0.426. The first kappa shape index (κ1) is 14.9. The molecule has 0 aromatic heterocycles. The van der Waals surface area contributed by atoms with Crippen LogP contribution < -0.4 is 0 Å². The molecule has 1 spiro atoms. The smallest absolute Gasteiger partial charge is 0.124 e. The van der Waals surface area contributed by atoms with Gasteiger partial charge >= 0.3 is 0 Å². The molecule has 0 N–H and O–H groups in total. The summed E-state index contributed by atoms with van der Waals surface area (Å²) < 4.78 is 5.57. The molecule has 114 valence electrons. The normalized spacial score (nSPS) is 41.4. The lowest BCUT2D eigenvalue weighted by Gasteiger charge is -2.45. The molecule has 2 unspecified atom stereocenters. The largest absolute Gasteiger partial charge is 0.377 e. The van der Waals surface area contributed by atoms with E-state index in [1.807, 2.05) is 0 Å². The summed E-state index contributed by atoms with van der Waals surface area (Å²) in [7, 11) is 3.75. The first-order chi connectivity index (χ1) is 9.65. The quantitative estimate of drug-likeness (QED) is 0.716. The maximum atomic E-state index is 5.57. The van der Waals surface area contributed by atoms with Crippen molar-refractivity contribution < 1.29 is 4.74 Å². The number of likely N-dealkylation sites (N-methyl/N-ethyl adjacent to an activating group) is 1. The predicted molar refractivity (Wildman–Crippen MR) is 86.9 cm³/mol. The van der Waals surface area contributed by atoms with Crippen LogP contribution in [0, 0.1) is 5.92 Å². The third-order valence-corrected chi connectivity index (χ3v) is 7.18. The first-order valence-corrected chi connectivity index (χ1v) is 8.95. The maximum Gasteiger partial charge on any atom is 0.124 e. The first-order valence-electron chi connectivity index (χ1n) is 8.95. The van der Waals surface area contributed by atoms with Crippen LogP contribution in [0.3, 0.4) is 0 Å². The molecule has 2 saturated heterocycles. The highest BCUT2D eigenvalue weighted by molar-refractivity contribution is 6.38. The van der Waals surface area contributed by atoms with Gasteiger partial charge in [0.05, 0.1) is 18.8 Å². The fraction of sp³-hybridized carbons (Fsp3) is 1.00. The topological polar surface area (TPSA) is 12.5 Å². The van der Waals surface area contributed by atoms with Gasteiger partial charge in [-0.05, 0) is 32.2 Å². The Balaban J connectivity index is 1.73. The molecule has 3 rings (SSSR count). The number of likely N-dealkylation sites (tertiary alicyclic amines) is 1. The Labute approximate surface area is 125 Å². The van der Waals surface area contributed by atoms with E-state index < -0.39 is 0 Å². The van der Waals surface area contributed by atoms with Crippen molar-refractivity contribution in [2.24, 2.45) is 5.92 Å². The molecule has 3 fully saturated rings. The molecule has 1 aliphatic carbocycles. The van der Waals surface area contributed by atoms with Gasteiger partial charge in [0.25, 0.3) is 0 Å². The van der Waals surface area contributed by atoms with E-state index in [2.05, 4.69) is 25.7 Å². The second-order valence-electron chi connectivity index (χ2n) is 7.85. The molecular weight excluding hydrogens is 245 g/mol. The van der Waals surface area contributed by atoms with Crippen LogP contribution in [0.15, 0.2) is 0 Å². The minimum atomic E-state index is 0.426. The lowest BCUT2D eigenvalue weighted by Crippen LogP contribution is -2.58. The monoisotopic (exact) mass is 277 g/mol. The lowest BCUT2D eigenvalue weighted by atomic mass is 9.48. The highest BCUT2D eigenvalue weighted by Crippen LogP contribution is 2.50. The van der Waals surface area contributed by atoms with Gasteiger partial charge in [-0.3, -0.25) is 4.90 Å². The van der Waals surface area contributed by atoms with E-state index in [1.165, 1.54) is 58.6 Å². The van der Waals surface area contributed by atoms with Crippen LogP contribution in [0.25, 0.3) is 0 Å². The van der Waals surface area contributed by atoms with E-state index in [0.29, 0.717) is 10.9 Å². The van der Waals surface area contributed by atoms with Crippen LogP contribution >= 0.6 is 0 Å².